The maximum absolute atomic E-state index is 11.8. The van der Waals surface area contributed by atoms with Gasteiger partial charge in [0.1, 0.15) is 0 Å². The predicted molar refractivity (Wildman–Crippen MR) is 81.1 cm³/mol. The first-order valence-corrected chi connectivity index (χ1v) is 7.43. The van der Waals surface area contributed by atoms with Crippen molar-refractivity contribution in [2.45, 2.75) is 11.5 Å². The second-order valence-electron chi connectivity index (χ2n) is 4.05. The quantitative estimate of drug-likeness (QED) is 0.791. The SMILES string of the molecule is O=C(CCSc1ccc(C(=O)O)o1)Nc1ccccc1Cl. The van der Waals surface area contributed by atoms with Crippen LogP contribution in [0.15, 0.2) is 45.9 Å². The van der Waals surface area contributed by atoms with E-state index in [9.17, 15) is 9.59 Å². The molecule has 110 valence electrons. The van der Waals surface area contributed by atoms with Crippen molar-refractivity contribution >= 4 is 40.9 Å². The van der Waals surface area contributed by atoms with Gasteiger partial charge in [0.05, 0.1) is 10.7 Å². The van der Waals surface area contributed by atoms with Crippen LogP contribution >= 0.6 is 23.4 Å². The van der Waals surface area contributed by atoms with Crippen LogP contribution in [-0.2, 0) is 4.79 Å². The van der Waals surface area contributed by atoms with Crippen molar-refractivity contribution in [3.63, 3.8) is 0 Å². The van der Waals surface area contributed by atoms with Crippen LogP contribution in [0.25, 0.3) is 0 Å². The second kappa shape index (κ2) is 7.19. The second-order valence-corrected chi connectivity index (χ2v) is 5.56. The molecule has 5 nitrogen and oxygen atoms in total. The number of hydrogen-bond donors (Lipinski definition) is 2. The largest absolute Gasteiger partial charge is 0.475 e. The summed E-state index contributed by atoms with van der Waals surface area (Å²) < 4.78 is 5.07. The molecule has 0 saturated heterocycles. The van der Waals surface area contributed by atoms with E-state index in [2.05, 4.69) is 5.32 Å². The fourth-order valence-corrected chi connectivity index (χ4v) is 2.52. The summed E-state index contributed by atoms with van der Waals surface area (Å²) >= 11 is 7.22. The van der Waals surface area contributed by atoms with Gasteiger partial charge in [0.15, 0.2) is 5.09 Å². The van der Waals surface area contributed by atoms with Crippen molar-refractivity contribution in [1.29, 1.82) is 0 Å². The number of carbonyl (C=O) groups is 2. The van der Waals surface area contributed by atoms with Crippen molar-refractivity contribution in [3.8, 4) is 0 Å². The van der Waals surface area contributed by atoms with Gasteiger partial charge in [-0.3, -0.25) is 4.79 Å². The number of furan rings is 1. The summed E-state index contributed by atoms with van der Waals surface area (Å²) in [6.07, 6.45) is 0.263. The lowest BCUT2D eigenvalue weighted by Gasteiger charge is -2.06. The normalized spacial score (nSPS) is 10.3. The van der Waals surface area contributed by atoms with E-state index >= 15 is 0 Å². The minimum atomic E-state index is -1.11. The summed E-state index contributed by atoms with van der Waals surface area (Å²) in [5.41, 5.74) is 0.570. The molecule has 2 aromatic rings. The molecule has 7 heteroatoms. The van der Waals surface area contributed by atoms with Gasteiger partial charge in [-0.1, -0.05) is 35.5 Å². The van der Waals surface area contributed by atoms with E-state index in [1.807, 2.05) is 0 Å². The third kappa shape index (κ3) is 4.54. The first-order chi connectivity index (χ1) is 10.1. The Bertz CT molecular complexity index is 656. The van der Waals surface area contributed by atoms with Crippen LogP contribution in [-0.4, -0.2) is 22.7 Å². The Balaban J connectivity index is 1.79. The van der Waals surface area contributed by atoms with Gasteiger partial charge in [0.25, 0.3) is 0 Å². The molecule has 1 heterocycles. The number of carboxylic acids is 1. The average Bonchev–Trinajstić information content (AvgIpc) is 2.90. The molecule has 1 amide bonds. The molecule has 1 aromatic heterocycles. The summed E-state index contributed by atoms with van der Waals surface area (Å²) in [7, 11) is 0. The van der Waals surface area contributed by atoms with E-state index in [1.165, 1.54) is 17.8 Å². The van der Waals surface area contributed by atoms with Crippen LogP contribution in [0.5, 0.6) is 0 Å². The van der Waals surface area contributed by atoms with Gasteiger partial charge in [-0.05, 0) is 24.3 Å². The molecule has 2 N–H and O–H groups in total. The van der Waals surface area contributed by atoms with Gasteiger partial charge in [-0.15, -0.1) is 0 Å². The maximum Gasteiger partial charge on any atom is 0.371 e. The Morgan fingerprint density at radius 3 is 2.67 bits per heavy atom. The maximum atomic E-state index is 11.8. The van der Waals surface area contributed by atoms with Crippen molar-refractivity contribution in [3.05, 3.63) is 47.2 Å². The molecule has 0 unspecified atom stereocenters. The Labute approximate surface area is 130 Å². The minimum Gasteiger partial charge on any atom is -0.475 e. The standard InChI is InChI=1S/C14H12ClNO4S/c15-9-3-1-2-4-10(9)16-12(17)7-8-21-13-6-5-11(20-13)14(18)19/h1-6H,7-8H2,(H,16,17)(H,18,19). The topological polar surface area (TPSA) is 79.5 Å². The zero-order valence-electron chi connectivity index (χ0n) is 10.8. The molecule has 0 radical (unpaired) electrons. The molecule has 0 atom stereocenters. The Kier molecular flexibility index (Phi) is 5.30. The van der Waals surface area contributed by atoms with Crippen LogP contribution in [0.1, 0.15) is 17.0 Å². The zero-order chi connectivity index (χ0) is 15.2. The summed E-state index contributed by atoms with van der Waals surface area (Å²) in [5, 5.41) is 12.4. The lowest BCUT2D eigenvalue weighted by atomic mass is 10.3. The van der Waals surface area contributed by atoms with E-state index in [4.69, 9.17) is 21.1 Å². The summed E-state index contributed by atoms with van der Waals surface area (Å²) in [6.45, 7) is 0. The number of amides is 1. The molecule has 0 aliphatic carbocycles. The number of thioether (sulfide) groups is 1. The van der Waals surface area contributed by atoms with Crippen LogP contribution in [0.4, 0.5) is 5.69 Å². The fourth-order valence-electron chi connectivity index (χ4n) is 1.53. The molecule has 0 aliphatic rings. The highest BCUT2D eigenvalue weighted by atomic mass is 35.5. The predicted octanol–water partition coefficient (Wildman–Crippen LogP) is 3.75. The zero-order valence-corrected chi connectivity index (χ0v) is 12.4. The van der Waals surface area contributed by atoms with Crippen LogP contribution in [0, 0.1) is 0 Å². The average molecular weight is 326 g/mol. The van der Waals surface area contributed by atoms with E-state index < -0.39 is 5.97 Å². The first-order valence-electron chi connectivity index (χ1n) is 6.06. The molecule has 21 heavy (non-hydrogen) atoms. The number of anilines is 1. The third-order valence-corrected chi connectivity index (χ3v) is 3.76. The lowest BCUT2D eigenvalue weighted by Crippen LogP contribution is -2.12. The highest BCUT2D eigenvalue weighted by molar-refractivity contribution is 7.99. The van der Waals surface area contributed by atoms with E-state index in [0.717, 1.165) is 0 Å². The van der Waals surface area contributed by atoms with E-state index in [0.29, 0.717) is 21.6 Å². The molecule has 0 bridgehead atoms. The number of para-hydroxylation sites is 1. The van der Waals surface area contributed by atoms with E-state index in [1.54, 1.807) is 30.3 Å². The van der Waals surface area contributed by atoms with Gasteiger partial charge in [-0.25, -0.2) is 4.79 Å². The molecule has 1 aromatic carbocycles. The Morgan fingerprint density at radius 1 is 1.24 bits per heavy atom. The first kappa shape index (κ1) is 15.5. The van der Waals surface area contributed by atoms with Gasteiger partial charge < -0.3 is 14.8 Å². The van der Waals surface area contributed by atoms with Crippen molar-refractivity contribution in [2.24, 2.45) is 0 Å². The molecule has 0 aliphatic heterocycles. The number of carboxylic acid groups (broad SMARTS) is 1. The van der Waals surface area contributed by atoms with Gasteiger partial charge in [-0.2, -0.15) is 0 Å². The number of benzene rings is 1. The summed E-state index contributed by atoms with van der Waals surface area (Å²) in [5.74, 6) is -0.917. The van der Waals surface area contributed by atoms with Crippen LogP contribution in [0.3, 0.4) is 0 Å². The number of halogens is 1. The fraction of sp³-hybridized carbons (Fsp3) is 0.143. The lowest BCUT2D eigenvalue weighted by molar-refractivity contribution is -0.115. The smallest absolute Gasteiger partial charge is 0.371 e. The number of hydrogen-bond acceptors (Lipinski definition) is 4. The molecule has 0 fully saturated rings. The number of rotatable bonds is 6. The Hall–Kier alpha value is -1.92. The molecular weight excluding hydrogens is 314 g/mol. The summed E-state index contributed by atoms with van der Waals surface area (Å²) in [4.78, 5) is 22.4. The van der Waals surface area contributed by atoms with Crippen molar-refractivity contribution < 1.29 is 19.1 Å². The van der Waals surface area contributed by atoms with Gasteiger partial charge in [0, 0.05) is 12.2 Å². The number of aromatic carboxylic acids is 1. The highest BCUT2D eigenvalue weighted by Gasteiger charge is 2.10. The van der Waals surface area contributed by atoms with E-state index in [-0.39, 0.29) is 18.1 Å². The van der Waals surface area contributed by atoms with Crippen molar-refractivity contribution in [2.75, 3.05) is 11.1 Å². The molecular formula is C14H12ClNO4S. The molecule has 0 saturated carbocycles. The molecule has 2 rings (SSSR count). The monoisotopic (exact) mass is 325 g/mol. The van der Waals surface area contributed by atoms with Gasteiger partial charge >= 0.3 is 5.97 Å². The Morgan fingerprint density at radius 2 is 2.00 bits per heavy atom. The highest BCUT2D eigenvalue weighted by Crippen LogP contribution is 2.23. The minimum absolute atomic E-state index is 0.113. The van der Waals surface area contributed by atoms with Crippen LogP contribution < -0.4 is 5.32 Å². The number of nitrogens with one attached hydrogen (secondary N) is 1. The molecule has 0 spiro atoms. The number of carbonyl (C=O) groups excluding carboxylic acids is 1. The van der Waals surface area contributed by atoms with Crippen LogP contribution in [0.2, 0.25) is 5.02 Å². The summed E-state index contributed by atoms with van der Waals surface area (Å²) in [6, 6.07) is 9.94. The van der Waals surface area contributed by atoms with Crippen molar-refractivity contribution in [1.82, 2.24) is 0 Å². The third-order valence-electron chi connectivity index (χ3n) is 2.51. The van der Waals surface area contributed by atoms with Gasteiger partial charge in [0.2, 0.25) is 11.7 Å².